The number of hydrogen-bond donors (Lipinski definition) is 1. The number of nitrogens with zero attached hydrogens (tertiary/aromatic N) is 3. The second kappa shape index (κ2) is 3.59. The Morgan fingerprint density at radius 2 is 1.88 bits per heavy atom. The number of hydrogen-bond acceptors (Lipinski definition) is 3. The Hall–Kier alpha value is -2.36. The number of fused-ring (bicyclic) bond motifs is 1. The Morgan fingerprint density at radius 3 is 2.59 bits per heavy atom. The Balaban J connectivity index is 2.32. The van der Waals surface area contributed by atoms with E-state index in [-0.39, 0.29) is 0 Å². The van der Waals surface area contributed by atoms with E-state index >= 15 is 0 Å². The van der Waals surface area contributed by atoms with Crippen molar-refractivity contribution >= 4 is 16.9 Å². The van der Waals surface area contributed by atoms with Gasteiger partial charge in [-0.05, 0) is 6.07 Å². The highest BCUT2D eigenvalue weighted by Gasteiger charge is 2.11. The number of aryl methyl sites for hydroxylation is 1. The van der Waals surface area contributed by atoms with Crippen LogP contribution in [0.3, 0.4) is 0 Å². The molecular weight excluding hydrogens is 212 g/mol. The van der Waals surface area contributed by atoms with Gasteiger partial charge in [-0.1, -0.05) is 30.3 Å². The molecule has 0 amide bonds. The van der Waals surface area contributed by atoms with E-state index in [9.17, 15) is 0 Å². The zero-order valence-electron chi connectivity index (χ0n) is 9.46. The normalized spacial score (nSPS) is 10.9. The number of nitrogen functional groups attached to an aromatic ring is 1. The van der Waals surface area contributed by atoms with Gasteiger partial charge in [0.1, 0.15) is 11.3 Å². The number of anilines is 1. The van der Waals surface area contributed by atoms with Gasteiger partial charge >= 0.3 is 0 Å². The molecule has 0 unspecified atom stereocenters. The van der Waals surface area contributed by atoms with Crippen molar-refractivity contribution in [2.45, 2.75) is 0 Å². The van der Waals surface area contributed by atoms with Gasteiger partial charge in [-0.3, -0.25) is 0 Å². The van der Waals surface area contributed by atoms with Crippen molar-refractivity contribution in [2.24, 2.45) is 7.05 Å². The molecule has 3 rings (SSSR count). The van der Waals surface area contributed by atoms with E-state index in [0.29, 0.717) is 5.82 Å². The average Bonchev–Trinajstić information content (AvgIpc) is 2.70. The molecular formula is C13H12N4. The molecule has 2 aromatic heterocycles. The maximum absolute atomic E-state index is 5.83. The summed E-state index contributed by atoms with van der Waals surface area (Å²) in [5.41, 5.74) is 8.66. The Labute approximate surface area is 98.7 Å². The van der Waals surface area contributed by atoms with Crippen molar-refractivity contribution in [3.8, 4) is 11.4 Å². The van der Waals surface area contributed by atoms with Crippen LogP contribution in [0.4, 0.5) is 5.82 Å². The zero-order valence-corrected chi connectivity index (χ0v) is 9.46. The molecule has 0 saturated heterocycles. The molecule has 0 saturated carbocycles. The summed E-state index contributed by atoms with van der Waals surface area (Å²) in [5, 5.41) is 0. The molecule has 0 aliphatic rings. The summed E-state index contributed by atoms with van der Waals surface area (Å²) >= 11 is 0. The van der Waals surface area contributed by atoms with Crippen molar-refractivity contribution in [2.75, 3.05) is 5.73 Å². The number of rotatable bonds is 1. The summed E-state index contributed by atoms with van der Waals surface area (Å²) in [6, 6.07) is 12.0. The molecule has 1 aromatic carbocycles. The van der Waals surface area contributed by atoms with Crippen LogP contribution in [-0.2, 0) is 7.05 Å². The fourth-order valence-corrected chi connectivity index (χ4v) is 1.99. The average molecular weight is 224 g/mol. The van der Waals surface area contributed by atoms with Crippen molar-refractivity contribution in [3.63, 3.8) is 0 Å². The maximum atomic E-state index is 5.83. The molecule has 0 atom stereocenters. The predicted octanol–water partition coefficient (Wildman–Crippen LogP) is 2.22. The van der Waals surface area contributed by atoms with E-state index in [1.54, 1.807) is 6.20 Å². The van der Waals surface area contributed by atoms with Crippen molar-refractivity contribution in [1.29, 1.82) is 0 Å². The largest absolute Gasteiger partial charge is 0.382 e. The SMILES string of the molecule is Cn1c(-c2ccccc2)nc2c(N)nccc21. The standard InChI is InChI=1S/C13H12N4/c1-17-10-7-8-15-12(14)11(10)16-13(17)9-5-3-2-4-6-9/h2-8H,1H3,(H2,14,15). The highest BCUT2D eigenvalue weighted by atomic mass is 15.1. The number of pyridine rings is 1. The van der Waals surface area contributed by atoms with Crippen LogP contribution in [0.15, 0.2) is 42.6 Å². The van der Waals surface area contributed by atoms with Gasteiger partial charge in [-0.15, -0.1) is 0 Å². The Kier molecular flexibility index (Phi) is 2.08. The molecule has 0 spiro atoms. The summed E-state index contributed by atoms with van der Waals surface area (Å²) in [7, 11) is 1.98. The highest BCUT2D eigenvalue weighted by Crippen LogP contribution is 2.25. The van der Waals surface area contributed by atoms with E-state index in [4.69, 9.17) is 5.73 Å². The Bertz CT molecular complexity index is 670. The minimum Gasteiger partial charge on any atom is -0.382 e. The van der Waals surface area contributed by atoms with E-state index < -0.39 is 0 Å². The van der Waals surface area contributed by atoms with Gasteiger partial charge in [0.15, 0.2) is 5.82 Å². The first-order valence-corrected chi connectivity index (χ1v) is 5.39. The molecule has 2 heterocycles. The van der Waals surface area contributed by atoms with E-state index in [1.165, 1.54) is 0 Å². The summed E-state index contributed by atoms with van der Waals surface area (Å²) < 4.78 is 2.03. The van der Waals surface area contributed by atoms with Gasteiger partial charge in [0.25, 0.3) is 0 Å². The molecule has 2 N–H and O–H groups in total. The van der Waals surface area contributed by atoms with Crippen molar-refractivity contribution in [3.05, 3.63) is 42.6 Å². The summed E-state index contributed by atoms with van der Waals surface area (Å²) in [6.45, 7) is 0. The van der Waals surface area contributed by atoms with Crippen LogP contribution >= 0.6 is 0 Å². The summed E-state index contributed by atoms with van der Waals surface area (Å²) in [4.78, 5) is 8.61. The smallest absolute Gasteiger partial charge is 0.151 e. The van der Waals surface area contributed by atoms with E-state index in [1.807, 2.05) is 48.0 Å². The lowest BCUT2D eigenvalue weighted by Gasteiger charge is -2.01. The third kappa shape index (κ3) is 1.45. The number of aromatic nitrogens is 3. The molecule has 4 heteroatoms. The van der Waals surface area contributed by atoms with Gasteiger partial charge in [0, 0.05) is 18.8 Å². The lowest BCUT2D eigenvalue weighted by molar-refractivity contribution is 0.959. The van der Waals surface area contributed by atoms with Crippen LogP contribution in [0.25, 0.3) is 22.4 Å². The third-order valence-electron chi connectivity index (χ3n) is 2.86. The minimum atomic E-state index is 0.472. The third-order valence-corrected chi connectivity index (χ3v) is 2.86. The van der Waals surface area contributed by atoms with Crippen LogP contribution in [0.5, 0.6) is 0 Å². The first kappa shape index (κ1) is 9.84. The van der Waals surface area contributed by atoms with Gasteiger partial charge in [-0.25, -0.2) is 9.97 Å². The number of imidazole rings is 1. The Morgan fingerprint density at radius 1 is 1.12 bits per heavy atom. The molecule has 4 nitrogen and oxygen atoms in total. The van der Waals surface area contributed by atoms with Crippen LogP contribution < -0.4 is 5.73 Å². The van der Waals surface area contributed by atoms with Crippen LogP contribution in [-0.4, -0.2) is 14.5 Å². The second-order valence-corrected chi connectivity index (χ2v) is 3.92. The summed E-state index contributed by atoms with van der Waals surface area (Å²) in [5.74, 6) is 1.38. The monoisotopic (exact) mass is 224 g/mol. The quantitative estimate of drug-likeness (QED) is 0.689. The molecule has 84 valence electrons. The predicted molar refractivity (Wildman–Crippen MR) is 68.4 cm³/mol. The first-order valence-electron chi connectivity index (χ1n) is 5.39. The van der Waals surface area contributed by atoms with Gasteiger partial charge < -0.3 is 10.3 Å². The topological polar surface area (TPSA) is 56.7 Å². The minimum absolute atomic E-state index is 0.472. The van der Waals surface area contributed by atoms with Crippen molar-refractivity contribution < 1.29 is 0 Å². The van der Waals surface area contributed by atoms with Crippen molar-refractivity contribution in [1.82, 2.24) is 14.5 Å². The fourth-order valence-electron chi connectivity index (χ4n) is 1.99. The summed E-state index contributed by atoms with van der Waals surface area (Å²) in [6.07, 6.45) is 1.70. The maximum Gasteiger partial charge on any atom is 0.151 e. The first-order chi connectivity index (χ1) is 8.27. The van der Waals surface area contributed by atoms with Crippen LogP contribution in [0, 0.1) is 0 Å². The fraction of sp³-hybridized carbons (Fsp3) is 0.0769. The molecule has 0 aliphatic heterocycles. The van der Waals surface area contributed by atoms with Gasteiger partial charge in [0.05, 0.1) is 5.52 Å². The lowest BCUT2D eigenvalue weighted by Crippen LogP contribution is -1.92. The molecule has 0 bridgehead atoms. The zero-order chi connectivity index (χ0) is 11.8. The van der Waals surface area contributed by atoms with E-state index in [0.717, 1.165) is 22.4 Å². The van der Waals surface area contributed by atoms with Crippen LogP contribution in [0.2, 0.25) is 0 Å². The highest BCUT2D eigenvalue weighted by molar-refractivity contribution is 5.87. The number of benzene rings is 1. The number of nitrogens with two attached hydrogens (primary N) is 1. The van der Waals surface area contributed by atoms with E-state index in [2.05, 4.69) is 9.97 Å². The van der Waals surface area contributed by atoms with Gasteiger partial charge in [0.2, 0.25) is 0 Å². The molecule has 0 aliphatic carbocycles. The molecule has 17 heavy (non-hydrogen) atoms. The lowest BCUT2D eigenvalue weighted by atomic mass is 10.2. The molecule has 3 aromatic rings. The second-order valence-electron chi connectivity index (χ2n) is 3.92. The van der Waals surface area contributed by atoms with Gasteiger partial charge in [-0.2, -0.15) is 0 Å². The molecule has 0 radical (unpaired) electrons. The molecule has 0 fully saturated rings. The van der Waals surface area contributed by atoms with Crippen LogP contribution in [0.1, 0.15) is 0 Å².